The molecule has 0 spiro atoms. The number of carbonyl (C=O) groups excluding carboxylic acids is 4. The van der Waals surface area contributed by atoms with Crippen LogP contribution in [0.5, 0.6) is 0 Å². The zero-order chi connectivity index (χ0) is 36.7. The first-order valence-electron chi connectivity index (χ1n) is 20.5. The largest absolute Gasteiger partial charge is 0.451 e. The van der Waals surface area contributed by atoms with Crippen molar-refractivity contribution in [3.8, 4) is 12.3 Å². The fourth-order valence-electron chi connectivity index (χ4n) is 15.0. The zero-order valence-corrected chi connectivity index (χ0v) is 32.2. The molecule has 0 amide bonds. The summed E-state index contributed by atoms with van der Waals surface area (Å²) in [6, 6.07) is 0. The summed E-state index contributed by atoms with van der Waals surface area (Å²) in [5.41, 5.74) is 0.691. The minimum absolute atomic E-state index is 0.00469. The summed E-state index contributed by atoms with van der Waals surface area (Å²) in [5.74, 6) is 7.55. The number of allylic oxidation sites excluding steroid dienone is 2. The number of fused-ring (bicyclic) bond motifs is 10. The predicted octanol–water partition coefficient (Wildman–Crippen LogP) is 8.54. The van der Waals surface area contributed by atoms with Gasteiger partial charge < -0.3 is 9.84 Å². The lowest BCUT2D eigenvalue weighted by Gasteiger charge is -2.60. The third-order valence-corrected chi connectivity index (χ3v) is 17.3. The summed E-state index contributed by atoms with van der Waals surface area (Å²) in [4.78, 5) is 48.6. The van der Waals surface area contributed by atoms with Crippen molar-refractivity contribution in [2.45, 2.75) is 155 Å². The van der Waals surface area contributed by atoms with Gasteiger partial charge in [-0.1, -0.05) is 44.8 Å². The van der Waals surface area contributed by atoms with E-state index in [1.807, 2.05) is 12.2 Å². The molecule has 0 aliphatic heterocycles. The highest BCUT2D eigenvalue weighted by Gasteiger charge is 2.68. The highest BCUT2D eigenvalue weighted by atomic mass is 16.6. The van der Waals surface area contributed by atoms with Crippen LogP contribution in [0.1, 0.15) is 144 Å². The first kappa shape index (κ1) is 36.8. The van der Waals surface area contributed by atoms with Crippen molar-refractivity contribution in [3.05, 3.63) is 23.3 Å². The first-order chi connectivity index (χ1) is 24.1. The summed E-state index contributed by atoms with van der Waals surface area (Å²) in [7, 11) is 0. The van der Waals surface area contributed by atoms with Crippen molar-refractivity contribution >= 4 is 23.3 Å². The molecular formula is C45H62O6. The highest BCUT2D eigenvalue weighted by molar-refractivity contribution is 5.92. The lowest BCUT2D eigenvalue weighted by Crippen LogP contribution is -2.59. The van der Waals surface area contributed by atoms with E-state index in [0.29, 0.717) is 66.0 Å². The van der Waals surface area contributed by atoms with Crippen LogP contribution in [0.15, 0.2) is 23.3 Å². The lowest BCUT2D eigenvalue weighted by molar-refractivity contribution is -0.187. The Labute approximate surface area is 306 Å². The number of ether oxygens (including phenoxy) is 1. The van der Waals surface area contributed by atoms with E-state index in [4.69, 9.17) is 11.2 Å². The standard InChI is InChI=1S/C24H34O4.C21H28O2/c1-14-12-18-19(22(4)9-6-17(27)13-21(14)22)7-10-23(5)20(18)8-11-24(23,15(2)25)28-16(3)26;1-3-20-11-9-17-16-8-6-15(22)13-14(16)5-7-18(17)19(20)10-12-21(20,23)4-2/h13-14,18-20H,6-12H2,1-5H3;2,13,16-19,23H,3,5-12H2,1H3/t14-,18+,19-,20-,22+,23-,24-;16-,17+,18+,19-,20-,21-/m00/s1. The molecule has 0 radical (unpaired) electrons. The Balaban J connectivity index is 0.000000162. The summed E-state index contributed by atoms with van der Waals surface area (Å²) < 4.78 is 5.84. The van der Waals surface area contributed by atoms with Crippen molar-refractivity contribution in [2.75, 3.05) is 0 Å². The number of carbonyl (C=O) groups is 4. The van der Waals surface area contributed by atoms with E-state index in [1.54, 1.807) is 6.92 Å². The Morgan fingerprint density at radius 2 is 1.55 bits per heavy atom. The number of terminal acetylenes is 1. The summed E-state index contributed by atoms with van der Waals surface area (Å²) in [6.45, 7) is 12.1. The van der Waals surface area contributed by atoms with Gasteiger partial charge in [-0.15, -0.1) is 6.42 Å². The molecule has 0 aromatic rings. The van der Waals surface area contributed by atoms with Crippen molar-refractivity contribution in [1.82, 2.24) is 0 Å². The van der Waals surface area contributed by atoms with E-state index in [-0.39, 0.29) is 33.8 Å². The molecule has 8 aliphatic carbocycles. The fourth-order valence-corrected chi connectivity index (χ4v) is 15.0. The van der Waals surface area contributed by atoms with Crippen LogP contribution in [0.2, 0.25) is 0 Å². The molecule has 1 N–H and O–H groups in total. The molecule has 278 valence electrons. The maximum Gasteiger partial charge on any atom is 0.303 e. The van der Waals surface area contributed by atoms with E-state index in [2.05, 4.69) is 33.6 Å². The van der Waals surface area contributed by atoms with Gasteiger partial charge in [0.2, 0.25) is 0 Å². The number of Topliss-reactive ketones (excluding diaryl/α,β-unsaturated/α-hetero) is 1. The first-order valence-corrected chi connectivity index (χ1v) is 20.5. The van der Waals surface area contributed by atoms with Gasteiger partial charge in [-0.25, -0.2) is 0 Å². The second kappa shape index (κ2) is 12.8. The molecule has 51 heavy (non-hydrogen) atoms. The fraction of sp³-hybridized carbons (Fsp3) is 0.778. The summed E-state index contributed by atoms with van der Waals surface area (Å²) in [5, 5.41) is 11.1. The van der Waals surface area contributed by atoms with Gasteiger partial charge in [0.25, 0.3) is 0 Å². The molecule has 0 aromatic heterocycles. The van der Waals surface area contributed by atoms with Crippen molar-refractivity contribution < 1.29 is 29.0 Å². The third-order valence-electron chi connectivity index (χ3n) is 17.3. The van der Waals surface area contributed by atoms with E-state index >= 15 is 0 Å². The second-order valence-electron chi connectivity index (χ2n) is 18.9. The molecule has 0 unspecified atom stereocenters. The van der Waals surface area contributed by atoms with Crippen LogP contribution >= 0.6 is 0 Å². The van der Waals surface area contributed by atoms with Crippen LogP contribution in [-0.2, 0) is 23.9 Å². The molecule has 0 aromatic carbocycles. The molecule has 13 atom stereocenters. The average Bonchev–Trinajstić information content (AvgIpc) is 3.57. The van der Waals surface area contributed by atoms with Gasteiger partial charge in [0.15, 0.2) is 23.0 Å². The molecule has 6 heteroatoms. The van der Waals surface area contributed by atoms with Gasteiger partial charge in [-0.2, -0.15) is 0 Å². The number of rotatable bonds is 3. The van der Waals surface area contributed by atoms with Crippen LogP contribution in [-0.4, -0.2) is 39.6 Å². The third kappa shape index (κ3) is 5.27. The Morgan fingerprint density at radius 1 is 0.843 bits per heavy atom. The Bertz CT molecular complexity index is 1600. The van der Waals surface area contributed by atoms with Crippen LogP contribution in [0.4, 0.5) is 0 Å². The highest BCUT2D eigenvalue weighted by Crippen LogP contribution is 2.69. The smallest absolute Gasteiger partial charge is 0.303 e. The Morgan fingerprint density at radius 3 is 2.24 bits per heavy atom. The average molecular weight is 699 g/mol. The molecule has 8 aliphatic rings. The van der Waals surface area contributed by atoms with Gasteiger partial charge in [0.05, 0.1) is 0 Å². The van der Waals surface area contributed by atoms with Crippen molar-refractivity contribution in [1.29, 1.82) is 0 Å². The molecule has 6 nitrogen and oxygen atoms in total. The van der Waals surface area contributed by atoms with Crippen LogP contribution < -0.4 is 0 Å². The van der Waals surface area contributed by atoms with Crippen LogP contribution in [0, 0.1) is 75.9 Å². The zero-order valence-electron chi connectivity index (χ0n) is 32.2. The minimum Gasteiger partial charge on any atom is -0.451 e. The number of hydrogen-bond acceptors (Lipinski definition) is 6. The molecule has 8 rings (SSSR count). The van der Waals surface area contributed by atoms with Gasteiger partial charge in [-0.3, -0.25) is 19.2 Å². The van der Waals surface area contributed by atoms with Crippen LogP contribution in [0.25, 0.3) is 0 Å². The lowest BCUT2D eigenvalue weighted by atomic mass is 9.44. The van der Waals surface area contributed by atoms with Crippen molar-refractivity contribution in [2.24, 2.45) is 63.6 Å². The van der Waals surface area contributed by atoms with Crippen LogP contribution in [0.3, 0.4) is 0 Å². The van der Waals surface area contributed by atoms with Gasteiger partial charge in [0.1, 0.15) is 5.60 Å². The molecular weight excluding hydrogens is 636 g/mol. The normalized spacial score (nSPS) is 48.0. The minimum atomic E-state index is -0.961. The molecule has 0 heterocycles. The van der Waals surface area contributed by atoms with E-state index < -0.39 is 11.2 Å². The SMILES string of the molecule is C#C[C@]1(O)CC[C@H]2[C@@H]3CCC4=CC(=O)CC[C@@H]4[C@H]3CC[C@@]21CC.CC(=O)O[C@]1(C(C)=O)CC[C@H]2[C@@H]3C[C@H](C)C4=CC(=O)CC[C@]4(C)[C@H]3CC[C@@]21C. The number of aliphatic hydroxyl groups is 1. The molecule has 0 saturated heterocycles. The van der Waals surface area contributed by atoms with Gasteiger partial charge in [0, 0.05) is 30.6 Å². The second-order valence-corrected chi connectivity index (χ2v) is 18.9. The number of esters is 1. The van der Waals surface area contributed by atoms with Gasteiger partial charge in [-0.05, 0) is 162 Å². The Hall–Kier alpha value is -2.52. The van der Waals surface area contributed by atoms with E-state index in [0.717, 1.165) is 77.0 Å². The van der Waals surface area contributed by atoms with Crippen molar-refractivity contribution in [3.63, 3.8) is 0 Å². The van der Waals surface area contributed by atoms with E-state index in [1.165, 1.54) is 30.9 Å². The molecule has 6 fully saturated rings. The van der Waals surface area contributed by atoms with E-state index in [9.17, 15) is 24.3 Å². The predicted molar refractivity (Wildman–Crippen MR) is 197 cm³/mol. The molecule has 6 saturated carbocycles. The summed E-state index contributed by atoms with van der Waals surface area (Å²) in [6.07, 6.45) is 25.1. The maximum absolute atomic E-state index is 12.8. The molecule has 0 bridgehead atoms. The number of hydrogen-bond donors (Lipinski definition) is 1. The topological polar surface area (TPSA) is 97.7 Å². The quantitative estimate of drug-likeness (QED) is 0.234. The number of ketones is 3. The maximum atomic E-state index is 12.8. The summed E-state index contributed by atoms with van der Waals surface area (Å²) >= 11 is 0. The Kier molecular flexibility index (Phi) is 9.25. The monoisotopic (exact) mass is 698 g/mol. The van der Waals surface area contributed by atoms with Gasteiger partial charge >= 0.3 is 5.97 Å².